The van der Waals surface area contributed by atoms with Crippen LogP contribution in [0.3, 0.4) is 0 Å². The van der Waals surface area contributed by atoms with Gasteiger partial charge in [-0.3, -0.25) is 14.4 Å². The minimum absolute atomic E-state index is 0.0790. The fraction of sp³-hybridized carbons (Fsp3) is 0.750. The van der Waals surface area contributed by atoms with Crippen LogP contribution in [0.4, 0.5) is 0 Å². The number of hydrogen-bond donors (Lipinski definition) is 2. The van der Waals surface area contributed by atoms with Crippen molar-refractivity contribution in [3.8, 4) is 0 Å². The van der Waals surface area contributed by atoms with E-state index in [9.17, 15) is 19.5 Å². The van der Waals surface area contributed by atoms with Crippen molar-refractivity contribution in [3.05, 3.63) is 46.0 Å². The first-order valence-corrected chi connectivity index (χ1v) is 20.3. The molecule has 0 radical (unpaired) electrons. The van der Waals surface area contributed by atoms with Gasteiger partial charge in [0.15, 0.2) is 5.78 Å². The number of halogens is 1. The van der Waals surface area contributed by atoms with Gasteiger partial charge in [-0.25, -0.2) is 0 Å². The Labute approximate surface area is 312 Å². The van der Waals surface area contributed by atoms with Crippen LogP contribution in [0.1, 0.15) is 132 Å². The summed E-state index contributed by atoms with van der Waals surface area (Å²) in [5, 5.41) is 14.2. The molecular weight excluding hydrogens is 658 g/mol. The van der Waals surface area contributed by atoms with E-state index in [0.717, 1.165) is 80.6 Å². The minimum atomic E-state index is -1.15. The molecular formula is C44H64ClNO5. The van der Waals surface area contributed by atoms with Crippen molar-refractivity contribution in [1.29, 1.82) is 0 Å². The molecule has 0 aromatic heterocycles. The lowest BCUT2D eigenvalue weighted by Gasteiger charge is -2.70. The zero-order valence-corrected chi connectivity index (χ0v) is 33.6. The summed E-state index contributed by atoms with van der Waals surface area (Å²) in [5.41, 5.74) is 2.68. The van der Waals surface area contributed by atoms with Crippen molar-refractivity contribution < 1.29 is 24.2 Å². The third-order valence-electron chi connectivity index (χ3n) is 15.9. The lowest BCUT2D eigenvalue weighted by atomic mass is 9.34. The van der Waals surface area contributed by atoms with E-state index in [1.54, 1.807) is 13.8 Å². The Kier molecular flexibility index (Phi) is 10.3. The number of esters is 1. The van der Waals surface area contributed by atoms with Gasteiger partial charge in [0.1, 0.15) is 6.10 Å². The molecule has 1 aromatic carbocycles. The molecule has 282 valence electrons. The van der Waals surface area contributed by atoms with Crippen molar-refractivity contribution in [2.45, 2.75) is 139 Å². The fourth-order valence-corrected chi connectivity index (χ4v) is 13.2. The number of Topliss-reactive ketones (excluding diaryl/α,β-unsaturated/α-hetero) is 1. The van der Waals surface area contributed by atoms with Crippen molar-refractivity contribution in [2.75, 3.05) is 6.54 Å². The summed E-state index contributed by atoms with van der Waals surface area (Å²) in [6, 6.07) is 8.08. The topological polar surface area (TPSA) is 92.7 Å². The number of aliphatic carboxylic acids is 1. The molecule has 1 unspecified atom stereocenters. The molecule has 5 aliphatic carbocycles. The average Bonchev–Trinajstić information content (AvgIpc) is 3.11. The number of carboxylic acid groups (broad SMARTS) is 1. The van der Waals surface area contributed by atoms with Gasteiger partial charge in [-0.2, -0.15) is 0 Å². The summed E-state index contributed by atoms with van der Waals surface area (Å²) in [5.74, 6) is 1.27. The summed E-state index contributed by atoms with van der Waals surface area (Å²) in [6.07, 6.45) is 8.90. The van der Waals surface area contributed by atoms with E-state index < -0.39 is 17.4 Å². The number of carbonyl (C=O) groups excluding carboxylic acids is 2. The Morgan fingerprint density at radius 3 is 2.31 bits per heavy atom. The minimum Gasteiger partial charge on any atom is -0.481 e. The second kappa shape index (κ2) is 13.6. The Hall–Kier alpha value is -2.18. The highest BCUT2D eigenvalue weighted by atomic mass is 35.5. The monoisotopic (exact) mass is 721 g/mol. The molecule has 4 fully saturated rings. The summed E-state index contributed by atoms with van der Waals surface area (Å²) < 4.78 is 6.19. The first kappa shape index (κ1) is 38.5. The Morgan fingerprint density at radius 1 is 0.961 bits per heavy atom. The predicted octanol–water partition coefficient (Wildman–Crippen LogP) is 10.1. The van der Waals surface area contributed by atoms with Gasteiger partial charge in [0.2, 0.25) is 0 Å². The van der Waals surface area contributed by atoms with Gasteiger partial charge >= 0.3 is 11.9 Å². The molecule has 2 bridgehead atoms. The molecule has 4 saturated carbocycles. The zero-order chi connectivity index (χ0) is 37.3. The Morgan fingerprint density at radius 2 is 1.65 bits per heavy atom. The van der Waals surface area contributed by atoms with Crippen LogP contribution in [-0.2, 0) is 25.7 Å². The smallest absolute Gasteiger partial charge is 0.309 e. The van der Waals surface area contributed by atoms with Crippen LogP contribution in [0.15, 0.2) is 35.4 Å². The number of fused-ring (bicyclic) bond motifs is 8. The van der Waals surface area contributed by atoms with E-state index in [4.69, 9.17) is 16.3 Å². The van der Waals surface area contributed by atoms with Gasteiger partial charge in [0.05, 0.1) is 11.8 Å². The fourth-order valence-electron chi connectivity index (χ4n) is 13.0. The second-order valence-electron chi connectivity index (χ2n) is 19.6. The molecule has 2 N–H and O–H groups in total. The first-order chi connectivity index (χ1) is 23.8. The molecule has 51 heavy (non-hydrogen) atoms. The van der Waals surface area contributed by atoms with E-state index in [2.05, 4.69) is 59.8 Å². The Bertz CT molecular complexity index is 1580. The van der Waals surface area contributed by atoms with Crippen molar-refractivity contribution in [3.63, 3.8) is 0 Å². The Balaban J connectivity index is 1.29. The van der Waals surface area contributed by atoms with Crippen LogP contribution < -0.4 is 5.32 Å². The highest BCUT2D eigenvalue weighted by molar-refractivity contribution is 6.31. The average molecular weight is 722 g/mol. The molecule has 5 aliphatic rings. The number of nitrogens with one attached hydrogen (secondary N) is 1. The molecule has 0 aliphatic heterocycles. The molecule has 0 heterocycles. The molecule has 6 nitrogen and oxygen atoms in total. The van der Waals surface area contributed by atoms with E-state index >= 15 is 0 Å². The van der Waals surface area contributed by atoms with Crippen LogP contribution in [0.2, 0.25) is 5.02 Å². The maximum atomic E-state index is 14.0. The number of carbonyl (C=O) groups is 3. The largest absolute Gasteiger partial charge is 0.481 e. The van der Waals surface area contributed by atoms with Crippen LogP contribution in [-0.4, -0.2) is 35.5 Å². The lowest BCUT2D eigenvalue weighted by molar-refractivity contribution is -0.228. The van der Waals surface area contributed by atoms with Crippen molar-refractivity contribution >= 4 is 29.3 Å². The van der Waals surface area contributed by atoms with Gasteiger partial charge < -0.3 is 15.2 Å². The van der Waals surface area contributed by atoms with Crippen LogP contribution >= 0.6 is 11.6 Å². The first-order valence-electron chi connectivity index (χ1n) is 19.9. The maximum Gasteiger partial charge on any atom is 0.309 e. The van der Waals surface area contributed by atoms with E-state index in [1.807, 2.05) is 18.2 Å². The molecule has 6 rings (SSSR count). The van der Waals surface area contributed by atoms with Gasteiger partial charge in [-0.05, 0) is 134 Å². The normalized spacial score (nSPS) is 37.6. The zero-order valence-electron chi connectivity index (χ0n) is 32.8. The summed E-state index contributed by atoms with van der Waals surface area (Å²) in [4.78, 5) is 38.9. The third kappa shape index (κ3) is 6.34. The molecule has 9 atom stereocenters. The van der Waals surface area contributed by atoms with Gasteiger partial charge in [0.25, 0.3) is 0 Å². The van der Waals surface area contributed by atoms with Crippen molar-refractivity contribution in [2.24, 2.45) is 62.6 Å². The SMILES string of the molecule is CC(C)C1=C2C(CNCc3ccccc3Cl)[C@H](CC[C@]3(C)[C@@H]2CC[C@@H]2[C@@]4(C)CC[C@H](OC(=O)CC(C)(C)C(=O)O)C(C)(C)[C@@H]4CC[C@]23C)CC1=O. The second-order valence-corrected chi connectivity index (χ2v) is 20.0. The molecule has 0 saturated heterocycles. The maximum absolute atomic E-state index is 14.0. The van der Waals surface area contributed by atoms with Crippen LogP contribution in [0.5, 0.6) is 0 Å². The number of carboxylic acids is 1. The van der Waals surface area contributed by atoms with Crippen LogP contribution in [0.25, 0.3) is 0 Å². The van der Waals surface area contributed by atoms with Gasteiger partial charge in [-0.15, -0.1) is 0 Å². The number of ketones is 1. The highest BCUT2D eigenvalue weighted by Gasteiger charge is 2.68. The summed E-state index contributed by atoms with van der Waals surface area (Å²) >= 11 is 6.55. The van der Waals surface area contributed by atoms with Gasteiger partial charge in [0, 0.05) is 29.9 Å². The molecule has 1 aromatic rings. The standard InChI is InChI=1S/C44H64ClNO5/c1-26(2)37-32(47)22-27-16-20-43(8)30(38(37)29(27)25-46-24-28-12-10-11-13-31(28)45)14-15-34-42(7)19-18-35(51-36(48)23-40(3,4)39(49)50)41(5,6)33(42)17-21-44(34,43)9/h10-13,26-27,29-30,33-35,46H,14-25H2,1-9H3,(H,49,50)/t27-,29?,30-,33+,34-,35+,42+,43-,44-/m1/s1. The molecule has 7 heteroatoms. The molecule has 0 spiro atoms. The van der Waals surface area contributed by atoms with E-state index in [-0.39, 0.29) is 40.1 Å². The van der Waals surface area contributed by atoms with Gasteiger partial charge in [-0.1, -0.05) is 83.8 Å². The van der Waals surface area contributed by atoms with Crippen molar-refractivity contribution in [1.82, 2.24) is 5.32 Å². The van der Waals surface area contributed by atoms with Crippen LogP contribution in [0, 0.1) is 62.6 Å². The van der Waals surface area contributed by atoms with E-state index in [0.29, 0.717) is 41.8 Å². The number of ether oxygens (including phenoxy) is 1. The summed E-state index contributed by atoms with van der Waals surface area (Å²) in [6.45, 7) is 21.6. The summed E-state index contributed by atoms with van der Waals surface area (Å²) in [7, 11) is 0. The lowest BCUT2D eigenvalue weighted by Crippen LogP contribution is -2.64. The third-order valence-corrected chi connectivity index (χ3v) is 16.3. The number of hydrogen-bond acceptors (Lipinski definition) is 5. The quantitative estimate of drug-likeness (QED) is 0.247. The number of benzene rings is 1. The number of allylic oxidation sites excluding steroid dienone is 1. The number of rotatable bonds is 9. The molecule has 0 amide bonds. The highest BCUT2D eigenvalue weighted by Crippen LogP contribution is 2.75. The van der Waals surface area contributed by atoms with E-state index in [1.165, 1.54) is 5.57 Å². The predicted molar refractivity (Wildman–Crippen MR) is 203 cm³/mol.